The molecule has 0 radical (unpaired) electrons. The molecule has 0 aliphatic heterocycles. The normalized spacial score (nSPS) is 11.3. The van der Waals surface area contributed by atoms with Gasteiger partial charge in [-0.05, 0) is 44.5 Å². The van der Waals surface area contributed by atoms with E-state index in [0.29, 0.717) is 47.3 Å². The minimum absolute atomic E-state index is 0.387. The number of nitrogens with zero attached hydrogens (tertiary/aromatic N) is 6. The highest BCUT2D eigenvalue weighted by Gasteiger charge is 2.11. The standard InChI is InChI=1S/C21H20N6O3/c1-5-17-25-18(29-27-17)7-6-16-8-12(2)9-19(24-16)28-20-11-15(10-13(3)22-20)21-23-14(4)26-30-21/h6-11H,5H2,1-4H3/b7-6+. The Morgan fingerprint density at radius 1 is 0.867 bits per heavy atom. The molecular formula is C21H20N6O3. The Bertz CT molecular complexity index is 1210. The van der Waals surface area contributed by atoms with Crippen LogP contribution in [0.5, 0.6) is 11.8 Å². The average molecular weight is 404 g/mol. The fourth-order valence-electron chi connectivity index (χ4n) is 2.77. The Morgan fingerprint density at radius 3 is 2.43 bits per heavy atom. The van der Waals surface area contributed by atoms with Gasteiger partial charge in [0.2, 0.25) is 11.8 Å². The van der Waals surface area contributed by atoms with Crippen molar-refractivity contribution >= 4 is 12.2 Å². The molecule has 0 aliphatic carbocycles. The van der Waals surface area contributed by atoms with Crippen LogP contribution < -0.4 is 4.74 Å². The predicted molar refractivity (Wildman–Crippen MR) is 109 cm³/mol. The van der Waals surface area contributed by atoms with Crippen molar-refractivity contribution in [1.82, 2.24) is 30.2 Å². The van der Waals surface area contributed by atoms with E-state index in [-0.39, 0.29) is 0 Å². The van der Waals surface area contributed by atoms with Crippen molar-refractivity contribution in [3.05, 3.63) is 58.8 Å². The molecular weight excluding hydrogens is 384 g/mol. The highest BCUT2D eigenvalue weighted by atomic mass is 16.5. The molecule has 4 heterocycles. The zero-order valence-electron chi connectivity index (χ0n) is 17.1. The average Bonchev–Trinajstić information content (AvgIpc) is 3.34. The summed E-state index contributed by atoms with van der Waals surface area (Å²) in [6, 6.07) is 7.35. The smallest absolute Gasteiger partial charge is 0.258 e. The first kappa shape index (κ1) is 19.4. The Kier molecular flexibility index (Phi) is 5.34. The molecule has 0 saturated carbocycles. The van der Waals surface area contributed by atoms with Crippen LogP contribution in [0.4, 0.5) is 0 Å². The van der Waals surface area contributed by atoms with E-state index >= 15 is 0 Å². The van der Waals surface area contributed by atoms with Crippen molar-refractivity contribution in [2.24, 2.45) is 0 Å². The van der Waals surface area contributed by atoms with Gasteiger partial charge in [-0.3, -0.25) is 0 Å². The lowest BCUT2D eigenvalue weighted by Gasteiger charge is -2.08. The number of pyridine rings is 2. The molecule has 0 spiro atoms. The molecule has 9 heteroatoms. The van der Waals surface area contributed by atoms with E-state index in [1.54, 1.807) is 25.1 Å². The maximum Gasteiger partial charge on any atom is 0.258 e. The summed E-state index contributed by atoms with van der Waals surface area (Å²) < 4.78 is 16.3. The quantitative estimate of drug-likeness (QED) is 0.462. The fraction of sp³-hybridized carbons (Fsp3) is 0.238. The van der Waals surface area contributed by atoms with Crippen LogP contribution in [-0.2, 0) is 6.42 Å². The third-order valence-electron chi connectivity index (χ3n) is 4.08. The van der Waals surface area contributed by atoms with Gasteiger partial charge in [0.25, 0.3) is 11.8 Å². The van der Waals surface area contributed by atoms with Crippen molar-refractivity contribution in [3.8, 4) is 23.2 Å². The third-order valence-corrected chi connectivity index (χ3v) is 4.08. The number of rotatable bonds is 6. The van der Waals surface area contributed by atoms with Crippen LogP contribution in [0.3, 0.4) is 0 Å². The molecule has 0 aliphatic rings. The molecule has 30 heavy (non-hydrogen) atoms. The van der Waals surface area contributed by atoms with Crippen LogP contribution in [0.1, 0.15) is 41.4 Å². The number of aromatic nitrogens is 6. The first-order valence-electron chi connectivity index (χ1n) is 9.45. The number of hydrogen-bond donors (Lipinski definition) is 0. The van der Waals surface area contributed by atoms with E-state index in [2.05, 4.69) is 30.2 Å². The number of aryl methyl sites for hydroxylation is 4. The fourth-order valence-corrected chi connectivity index (χ4v) is 2.77. The number of hydrogen-bond acceptors (Lipinski definition) is 9. The van der Waals surface area contributed by atoms with Gasteiger partial charge in [0, 0.05) is 35.9 Å². The van der Waals surface area contributed by atoms with Crippen molar-refractivity contribution < 1.29 is 13.8 Å². The Hall–Kier alpha value is -3.88. The lowest BCUT2D eigenvalue weighted by molar-refractivity contribution is 0.403. The lowest BCUT2D eigenvalue weighted by atomic mass is 10.2. The summed E-state index contributed by atoms with van der Waals surface area (Å²) in [7, 11) is 0. The molecule has 0 amide bonds. The second kappa shape index (κ2) is 8.24. The van der Waals surface area contributed by atoms with Gasteiger partial charge < -0.3 is 13.8 Å². The Labute approximate surface area is 172 Å². The van der Waals surface area contributed by atoms with E-state index in [9.17, 15) is 0 Å². The summed E-state index contributed by atoms with van der Waals surface area (Å²) in [5, 5.41) is 7.70. The van der Waals surface area contributed by atoms with Crippen molar-refractivity contribution in [2.75, 3.05) is 0 Å². The molecule has 9 nitrogen and oxygen atoms in total. The summed E-state index contributed by atoms with van der Waals surface area (Å²) in [6.45, 7) is 7.56. The monoisotopic (exact) mass is 404 g/mol. The lowest BCUT2D eigenvalue weighted by Crippen LogP contribution is -1.95. The second-order valence-electron chi connectivity index (χ2n) is 6.73. The van der Waals surface area contributed by atoms with Crippen LogP contribution in [0.25, 0.3) is 23.6 Å². The molecule has 4 aromatic heterocycles. The van der Waals surface area contributed by atoms with Gasteiger partial charge in [0.05, 0.1) is 5.69 Å². The summed E-state index contributed by atoms with van der Waals surface area (Å²) in [5.74, 6) is 2.87. The van der Waals surface area contributed by atoms with E-state index < -0.39 is 0 Å². The van der Waals surface area contributed by atoms with E-state index in [4.69, 9.17) is 13.8 Å². The molecule has 4 aromatic rings. The second-order valence-corrected chi connectivity index (χ2v) is 6.73. The van der Waals surface area contributed by atoms with Gasteiger partial charge in [-0.1, -0.05) is 17.2 Å². The molecule has 0 aromatic carbocycles. The molecule has 0 fully saturated rings. The summed E-state index contributed by atoms with van der Waals surface area (Å²) >= 11 is 0. The summed E-state index contributed by atoms with van der Waals surface area (Å²) in [5.41, 5.74) is 3.17. The van der Waals surface area contributed by atoms with Gasteiger partial charge in [-0.2, -0.15) is 9.97 Å². The first-order chi connectivity index (χ1) is 14.5. The molecule has 0 bridgehead atoms. The van der Waals surface area contributed by atoms with Gasteiger partial charge in [0.1, 0.15) is 0 Å². The van der Waals surface area contributed by atoms with E-state index in [1.165, 1.54) is 0 Å². The van der Waals surface area contributed by atoms with Crippen molar-refractivity contribution in [2.45, 2.75) is 34.1 Å². The highest BCUT2D eigenvalue weighted by Crippen LogP contribution is 2.26. The SMILES string of the molecule is CCc1noc(/C=C/c2cc(C)cc(Oc3cc(-c4nc(C)no4)cc(C)n3)n2)n1. The van der Waals surface area contributed by atoms with Crippen LogP contribution in [-0.4, -0.2) is 30.2 Å². The van der Waals surface area contributed by atoms with E-state index in [0.717, 1.165) is 16.8 Å². The zero-order chi connectivity index (χ0) is 21.1. The maximum atomic E-state index is 5.93. The largest absolute Gasteiger partial charge is 0.421 e. The topological polar surface area (TPSA) is 113 Å². The van der Waals surface area contributed by atoms with Crippen molar-refractivity contribution in [1.29, 1.82) is 0 Å². The minimum Gasteiger partial charge on any atom is -0.421 e. The molecule has 0 saturated heterocycles. The predicted octanol–water partition coefficient (Wildman–Crippen LogP) is 4.36. The Balaban J connectivity index is 1.58. The van der Waals surface area contributed by atoms with Crippen LogP contribution in [0.15, 0.2) is 33.3 Å². The molecule has 0 N–H and O–H groups in total. The van der Waals surface area contributed by atoms with Crippen LogP contribution in [0, 0.1) is 20.8 Å². The number of ether oxygens (including phenoxy) is 1. The zero-order valence-corrected chi connectivity index (χ0v) is 17.1. The third kappa shape index (κ3) is 4.57. The molecule has 0 atom stereocenters. The van der Waals surface area contributed by atoms with Crippen molar-refractivity contribution in [3.63, 3.8) is 0 Å². The van der Waals surface area contributed by atoms with E-state index in [1.807, 2.05) is 39.0 Å². The van der Waals surface area contributed by atoms with Crippen LogP contribution in [0.2, 0.25) is 0 Å². The summed E-state index contributed by atoms with van der Waals surface area (Å²) in [4.78, 5) is 17.4. The van der Waals surface area contributed by atoms with Gasteiger partial charge in [0.15, 0.2) is 11.6 Å². The van der Waals surface area contributed by atoms with Gasteiger partial charge >= 0.3 is 0 Å². The van der Waals surface area contributed by atoms with Gasteiger partial charge in [-0.15, -0.1) is 0 Å². The summed E-state index contributed by atoms with van der Waals surface area (Å²) in [6.07, 6.45) is 4.23. The first-order valence-corrected chi connectivity index (χ1v) is 9.45. The molecule has 0 unspecified atom stereocenters. The molecule has 152 valence electrons. The minimum atomic E-state index is 0.387. The Morgan fingerprint density at radius 2 is 1.70 bits per heavy atom. The highest BCUT2D eigenvalue weighted by molar-refractivity contribution is 5.64. The van der Waals surface area contributed by atoms with Crippen LogP contribution >= 0.6 is 0 Å². The maximum absolute atomic E-state index is 5.93. The van der Waals surface area contributed by atoms with Gasteiger partial charge in [-0.25, -0.2) is 9.97 Å². The molecule has 4 rings (SSSR count).